The van der Waals surface area contributed by atoms with Crippen molar-refractivity contribution in [3.8, 4) is 0 Å². The number of anilines is 1. The predicted molar refractivity (Wildman–Crippen MR) is 74.7 cm³/mol. The minimum absolute atomic E-state index is 0.181. The molecule has 0 radical (unpaired) electrons. The molecule has 1 aliphatic heterocycles. The van der Waals surface area contributed by atoms with Gasteiger partial charge in [0.15, 0.2) is 0 Å². The number of aryl methyl sites for hydroxylation is 1. The van der Waals surface area contributed by atoms with Gasteiger partial charge in [-0.3, -0.25) is 10.1 Å². The summed E-state index contributed by atoms with van der Waals surface area (Å²) in [7, 11) is 0. The van der Waals surface area contributed by atoms with Crippen LogP contribution in [0, 0.1) is 17.0 Å². The number of morpholine rings is 1. The van der Waals surface area contributed by atoms with E-state index in [1.165, 1.54) is 0 Å². The molecule has 0 saturated carbocycles. The summed E-state index contributed by atoms with van der Waals surface area (Å²) in [6.45, 7) is 8.05. The van der Waals surface area contributed by atoms with Crippen molar-refractivity contribution in [1.82, 2.24) is 0 Å². The van der Waals surface area contributed by atoms with Gasteiger partial charge in [0.25, 0.3) is 5.69 Å². The third-order valence-electron chi connectivity index (χ3n) is 3.81. The summed E-state index contributed by atoms with van der Waals surface area (Å²) in [5.74, 6) is 0. The van der Waals surface area contributed by atoms with Crippen molar-refractivity contribution in [3.63, 3.8) is 0 Å². The van der Waals surface area contributed by atoms with Gasteiger partial charge < -0.3 is 9.64 Å². The number of hydrogen-bond acceptors (Lipinski definition) is 4. The van der Waals surface area contributed by atoms with Crippen LogP contribution in [0.15, 0.2) is 18.2 Å². The maximum Gasteiger partial charge on any atom is 0.292 e. The van der Waals surface area contributed by atoms with Crippen molar-refractivity contribution < 1.29 is 9.66 Å². The summed E-state index contributed by atoms with van der Waals surface area (Å²) in [6, 6.07) is 5.22. The molecule has 19 heavy (non-hydrogen) atoms. The van der Waals surface area contributed by atoms with Gasteiger partial charge >= 0.3 is 0 Å². The maximum atomic E-state index is 11.2. The molecule has 1 atom stereocenters. The van der Waals surface area contributed by atoms with Crippen molar-refractivity contribution in [2.45, 2.75) is 32.8 Å². The standard InChI is InChI=1S/C14H20N2O3/c1-4-14(3)10-15(8-9-19-14)13-11(2)6-5-7-12(13)16(17)18/h5-7H,4,8-10H2,1-3H3. The Kier molecular flexibility index (Phi) is 3.75. The summed E-state index contributed by atoms with van der Waals surface area (Å²) in [5, 5.41) is 11.2. The zero-order chi connectivity index (χ0) is 14.0. The fraction of sp³-hybridized carbons (Fsp3) is 0.571. The van der Waals surface area contributed by atoms with Crippen LogP contribution >= 0.6 is 0 Å². The monoisotopic (exact) mass is 264 g/mol. The molecule has 0 N–H and O–H groups in total. The fourth-order valence-electron chi connectivity index (χ4n) is 2.54. The van der Waals surface area contributed by atoms with E-state index in [0.717, 1.165) is 17.7 Å². The molecule has 5 heteroatoms. The lowest BCUT2D eigenvalue weighted by molar-refractivity contribution is -0.384. The normalized spacial score (nSPS) is 23.4. The van der Waals surface area contributed by atoms with E-state index in [4.69, 9.17) is 4.74 Å². The third-order valence-corrected chi connectivity index (χ3v) is 3.81. The highest BCUT2D eigenvalue weighted by molar-refractivity contribution is 5.68. The van der Waals surface area contributed by atoms with Gasteiger partial charge in [0.1, 0.15) is 5.69 Å². The quantitative estimate of drug-likeness (QED) is 0.622. The Morgan fingerprint density at radius 3 is 2.89 bits per heavy atom. The molecule has 0 aromatic heterocycles. The molecule has 5 nitrogen and oxygen atoms in total. The van der Waals surface area contributed by atoms with E-state index in [2.05, 4.69) is 18.7 Å². The topological polar surface area (TPSA) is 55.6 Å². The second-order valence-electron chi connectivity index (χ2n) is 5.27. The fourth-order valence-corrected chi connectivity index (χ4v) is 2.54. The SMILES string of the molecule is CCC1(C)CN(c2c(C)cccc2[N+](=O)[O-])CCO1. The highest BCUT2D eigenvalue weighted by atomic mass is 16.6. The lowest BCUT2D eigenvalue weighted by Gasteiger charge is -2.41. The number of hydrogen-bond donors (Lipinski definition) is 0. The Balaban J connectivity index is 2.38. The third kappa shape index (κ3) is 2.71. The zero-order valence-electron chi connectivity index (χ0n) is 11.7. The van der Waals surface area contributed by atoms with Gasteiger partial charge in [-0.25, -0.2) is 0 Å². The Hall–Kier alpha value is -1.62. The molecule has 0 amide bonds. The molecule has 104 valence electrons. The zero-order valence-corrected chi connectivity index (χ0v) is 11.7. The number of benzene rings is 1. The Morgan fingerprint density at radius 1 is 1.53 bits per heavy atom. The largest absolute Gasteiger partial charge is 0.372 e. The van der Waals surface area contributed by atoms with Crippen molar-refractivity contribution in [1.29, 1.82) is 0 Å². The minimum Gasteiger partial charge on any atom is -0.372 e. The molecular formula is C14H20N2O3. The molecule has 1 heterocycles. The first-order chi connectivity index (χ1) is 8.97. The highest BCUT2D eigenvalue weighted by Gasteiger charge is 2.33. The first kappa shape index (κ1) is 13.8. The van der Waals surface area contributed by atoms with E-state index >= 15 is 0 Å². The van der Waals surface area contributed by atoms with Gasteiger partial charge in [0.2, 0.25) is 0 Å². The molecule has 1 aromatic rings. The van der Waals surface area contributed by atoms with Crippen LogP contribution in [0.2, 0.25) is 0 Å². The molecular weight excluding hydrogens is 244 g/mol. The Labute approximate surface area is 113 Å². The number of nitro groups is 1. The van der Waals surface area contributed by atoms with Crippen LogP contribution in [0.25, 0.3) is 0 Å². The van der Waals surface area contributed by atoms with Crippen LogP contribution < -0.4 is 4.90 Å². The number of nitro benzene ring substituents is 1. The van der Waals surface area contributed by atoms with Gasteiger partial charge in [-0.2, -0.15) is 0 Å². The van der Waals surface area contributed by atoms with E-state index in [1.54, 1.807) is 12.1 Å². The van der Waals surface area contributed by atoms with Crippen molar-refractivity contribution in [2.24, 2.45) is 0 Å². The van der Waals surface area contributed by atoms with Crippen LogP contribution in [0.4, 0.5) is 11.4 Å². The second-order valence-corrected chi connectivity index (χ2v) is 5.27. The van der Waals surface area contributed by atoms with Crippen molar-refractivity contribution in [3.05, 3.63) is 33.9 Å². The first-order valence-corrected chi connectivity index (χ1v) is 6.60. The van der Waals surface area contributed by atoms with E-state index in [9.17, 15) is 10.1 Å². The summed E-state index contributed by atoms with van der Waals surface area (Å²) < 4.78 is 5.80. The summed E-state index contributed by atoms with van der Waals surface area (Å²) >= 11 is 0. The molecule has 0 bridgehead atoms. The second kappa shape index (κ2) is 5.17. The van der Waals surface area contributed by atoms with Gasteiger partial charge in [0, 0.05) is 19.2 Å². The van der Waals surface area contributed by atoms with Crippen molar-refractivity contribution in [2.75, 3.05) is 24.6 Å². The molecule has 2 rings (SSSR count). The maximum absolute atomic E-state index is 11.2. The first-order valence-electron chi connectivity index (χ1n) is 6.60. The van der Waals surface area contributed by atoms with Crippen LogP contribution in [0.3, 0.4) is 0 Å². The number of ether oxygens (including phenoxy) is 1. The molecule has 1 fully saturated rings. The molecule has 0 aliphatic carbocycles. The lowest BCUT2D eigenvalue weighted by atomic mass is 9.99. The van der Waals surface area contributed by atoms with Gasteiger partial charge in [0.05, 0.1) is 17.1 Å². The van der Waals surface area contributed by atoms with Crippen LogP contribution in [0.1, 0.15) is 25.8 Å². The number of rotatable bonds is 3. The van der Waals surface area contributed by atoms with Crippen LogP contribution in [0.5, 0.6) is 0 Å². The number of nitrogens with zero attached hydrogens (tertiary/aromatic N) is 2. The van der Waals surface area contributed by atoms with Crippen molar-refractivity contribution >= 4 is 11.4 Å². The lowest BCUT2D eigenvalue weighted by Crippen LogP contribution is -2.50. The Bertz CT molecular complexity index is 490. The highest BCUT2D eigenvalue weighted by Crippen LogP contribution is 2.34. The minimum atomic E-state index is -0.304. The average Bonchev–Trinajstić information content (AvgIpc) is 2.38. The van der Waals surface area contributed by atoms with Crippen LogP contribution in [-0.2, 0) is 4.74 Å². The summed E-state index contributed by atoms with van der Waals surface area (Å²) in [4.78, 5) is 13.0. The molecule has 0 spiro atoms. The summed E-state index contributed by atoms with van der Waals surface area (Å²) in [6.07, 6.45) is 0.892. The van der Waals surface area contributed by atoms with Gasteiger partial charge in [-0.1, -0.05) is 19.1 Å². The Morgan fingerprint density at radius 2 is 2.26 bits per heavy atom. The smallest absolute Gasteiger partial charge is 0.292 e. The molecule has 1 aromatic carbocycles. The summed E-state index contributed by atoms with van der Waals surface area (Å²) in [5.41, 5.74) is 1.62. The van der Waals surface area contributed by atoms with E-state index in [1.807, 2.05) is 13.0 Å². The molecule has 1 saturated heterocycles. The average molecular weight is 264 g/mol. The molecule has 1 unspecified atom stereocenters. The predicted octanol–water partition coefficient (Wildman–Crippen LogP) is 2.91. The van der Waals surface area contributed by atoms with E-state index in [-0.39, 0.29) is 16.2 Å². The molecule has 1 aliphatic rings. The van der Waals surface area contributed by atoms with Gasteiger partial charge in [-0.15, -0.1) is 0 Å². The van der Waals surface area contributed by atoms with E-state index < -0.39 is 0 Å². The van der Waals surface area contributed by atoms with E-state index in [0.29, 0.717) is 19.7 Å². The van der Waals surface area contributed by atoms with Gasteiger partial charge in [-0.05, 0) is 25.8 Å². The van der Waals surface area contributed by atoms with Crippen LogP contribution in [-0.4, -0.2) is 30.2 Å². The number of para-hydroxylation sites is 1.